The summed E-state index contributed by atoms with van der Waals surface area (Å²) in [7, 11) is 3.05. The van der Waals surface area contributed by atoms with Gasteiger partial charge >= 0.3 is 6.09 Å². The normalized spacial score (nSPS) is 14.2. The molecule has 1 aliphatic heterocycles. The van der Waals surface area contributed by atoms with Gasteiger partial charge in [0.15, 0.2) is 0 Å². The van der Waals surface area contributed by atoms with Crippen LogP contribution in [0.1, 0.15) is 30.1 Å². The fraction of sp³-hybridized carbons (Fsp3) is 0.556. The van der Waals surface area contributed by atoms with E-state index in [-0.39, 0.29) is 12.0 Å². The monoisotopic (exact) mass is 350 g/mol. The van der Waals surface area contributed by atoms with E-state index < -0.39 is 0 Å². The van der Waals surface area contributed by atoms with Crippen molar-refractivity contribution in [2.24, 2.45) is 0 Å². The Hall–Kier alpha value is -2.44. The molecule has 0 unspecified atom stereocenters. The Labute approximate surface area is 148 Å². The van der Waals surface area contributed by atoms with E-state index in [1.165, 1.54) is 14.2 Å². The van der Waals surface area contributed by atoms with Crippen LogP contribution in [0, 0.1) is 0 Å². The summed E-state index contributed by atoms with van der Waals surface area (Å²) >= 11 is 0. The van der Waals surface area contributed by atoms with E-state index in [9.17, 15) is 9.59 Å². The van der Waals surface area contributed by atoms with E-state index in [1.54, 1.807) is 28.0 Å². The standard InChI is InChI=1S/C18H26N2O5/c1-4-5-13-25-18(22)20-11-9-19(10-12-20)17(21)16-14(23-2)7-6-8-15(16)24-3/h6-8H,4-5,9-13H2,1-3H3. The van der Waals surface area contributed by atoms with E-state index in [0.29, 0.717) is 49.8 Å². The van der Waals surface area contributed by atoms with Crippen molar-refractivity contribution < 1.29 is 23.8 Å². The van der Waals surface area contributed by atoms with Gasteiger partial charge in [-0.1, -0.05) is 19.4 Å². The quantitative estimate of drug-likeness (QED) is 0.737. The van der Waals surface area contributed by atoms with Crippen molar-refractivity contribution in [2.75, 3.05) is 47.0 Å². The zero-order chi connectivity index (χ0) is 18.2. The fourth-order valence-electron chi connectivity index (χ4n) is 2.71. The zero-order valence-corrected chi connectivity index (χ0v) is 15.1. The number of hydrogen-bond acceptors (Lipinski definition) is 5. The summed E-state index contributed by atoms with van der Waals surface area (Å²) in [6.45, 7) is 4.28. The van der Waals surface area contributed by atoms with Crippen LogP contribution in [-0.2, 0) is 4.74 Å². The molecule has 0 aliphatic carbocycles. The lowest BCUT2D eigenvalue weighted by Crippen LogP contribution is -2.50. The minimum Gasteiger partial charge on any atom is -0.496 e. The Morgan fingerprint density at radius 3 is 2.08 bits per heavy atom. The van der Waals surface area contributed by atoms with Crippen LogP contribution < -0.4 is 9.47 Å². The van der Waals surface area contributed by atoms with Crippen molar-refractivity contribution >= 4 is 12.0 Å². The van der Waals surface area contributed by atoms with Crippen molar-refractivity contribution in [1.29, 1.82) is 0 Å². The van der Waals surface area contributed by atoms with Crippen molar-refractivity contribution in [1.82, 2.24) is 9.80 Å². The van der Waals surface area contributed by atoms with Crippen LogP contribution in [0.4, 0.5) is 4.79 Å². The molecule has 1 aromatic rings. The third-order valence-corrected chi connectivity index (χ3v) is 4.19. The second kappa shape index (κ2) is 9.15. The molecule has 25 heavy (non-hydrogen) atoms. The summed E-state index contributed by atoms with van der Waals surface area (Å²) in [6, 6.07) is 5.24. The highest BCUT2D eigenvalue weighted by Gasteiger charge is 2.29. The molecule has 7 nitrogen and oxygen atoms in total. The van der Waals surface area contributed by atoms with Crippen molar-refractivity contribution in [2.45, 2.75) is 19.8 Å². The first-order valence-electron chi connectivity index (χ1n) is 8.54. The molecule has 0 aromatic heterocycles. The van der Waals surface area contributed by atoms with Gasteiger partial charge in [0.25, 0.3) is 5.91 Å². The molecule has 0 spiro atoms. The third-order valence-electron chi connectivity index (χ3n) is 4.19. The first-order valence-corrected chi connectivity index (χ1v) is 8.54. The number of carbonyl (C=O) groups is 2. The number of carbonyl (C=O) groups excluding carboxylic acids is 2. The lowest BCUT2D eigenvalue weighted by molar-refractivity contribution is 0.0552. The molecule has 1 heterocycles. The highest BCUT2D eigenvalue weighted by Crippen LogP contribution is 2.29. The number of amides is 2. The Morgan fingerprint density at radius 2 is 1.56 bits per heavy atom. The second-order valence-electron chi connectivity index (χ2n) is 5.78. The number of nitrogens with zero attached hydrogens (tertiary/aromatic N) is 2. The molecule has 2 amide bonds. The Bertz CT molecular complexity index is 575. The molecule has 138 valence electrons. The first-order chi connectivity index (χ1) is 12.1. The van der Waals surface area contributed by atoms with Gasteiger partial charge in [0.05, 0.1) is 20.8 Å². The zero-order valence-electron chi connectivity index (χ0n) is 15.1. The Balaban J connectivity index is 1.99. The predicted octanol–water partition coefficient (Wildman–Crippen LogP) is 2.40. The fourth-order valence-corrected chi connectivity index (χ4v) is 2.71. The van der Waals surface area contributed by atoms with Crippen molar-refractivity contribution in [3.05, 3.63) is 23.8 Å². The number of unbranched alkanes of at least 4 members (excludes halogenated alkanes) is 1. The average molecular weight is 350 g/mol. The molecule has 0 radical (unpaired) electrons. The summed E-state index contributed by atoms with van der Waals surface area (Å²) in [4.78, 5) is 28.2. The minimum atomic E-state index is -0.310. The molecule has 1 aromatic carbocycles. The van der Waals surface area contributed by atoms with Gasteiger partial charge in [-0.15, -0.1) is 0 Å². The highest BCUT2D eigenvalue weighted by molar-refractivity contribution is 5.99. The van der Waals surface area contributed by atoms with Crippen LogP contribution >= 0.6 is 0 Å². The maximum absolute atomic E-state index is 12.9. The number of rotatable bonds is 6. The van der Waals surface area contributed by atoms with Crippen LogP contribution in [0.3, 0.4) is 0 Å². The predicted molar refractivity (Wildman–Crippen MR) is 93.3 cm³/mol. The topological polar surface area (TPSA) is 68.3 Å². The van der Waals surface area contributed by atoms with E-state index in [1.807, 2.05) is 6.92 Å². The van der Waals surface area contributed by atoms with Gasteiger partial charge in [0, 0.05) is 26.2 Å². The lowest BCUT2D eigenvalue weighted by atomic mass is 10.1. The maximum Gasteiger partial charge on any atom is 0.409 e. The minimum absolute atomic E-state index is 0.159. The van der Waals surface area contributed by atoms with Gasteiger partial charge in [-0.2, -0.15) is 0 Å². The lowest BCUT2D eigenvalue weighted by Gasteiger charge is -2.34. The molecule has 0 N–H and O–H groups in total. The van der Waals surface area contributed by atoms with Gasteiger partial charge < -0.3 is 24.0 Å². The number of benzene rings is 1. The SMILES string of the molecule is CCCCOC(=O)N1CCN(C(=O)c2c(OC)cccc2OC)CC1. The van der Waals surface area contributed by atoms with Gasteiger partial charge in [-0.05, 0) is 18.6 Å². The average Bonchev–Trinajstić information content (AvgIpc) is 2.66. The molecule has 1 saturated heterocycles. The molecule has 0 bridgehead atoms. The highest BCUT2D eigenvalue weighted by atomic mass is 16.6. The molecule has 1 fully saturated rings. The van der Waals surface area contributed by atoms with Crippen LogP contribution in [0.25, 0.3) is 0 Å². The molecule has 0 saturated carbocycles. The van der Waals surface area contributed by atoms with Crippen LogP contribution in [0.2, 0.25) is 0 Å². The molecule has 7 heteroatoms. The number of hydrogen-bond donors (Lipinski definition) is 0. The summed E-state index contributed by atoms with van der Waals surface area (Å²) < 4.78 is 15.8. The smallest absolute Gasteiger partial charge is 0.409 e. The number of methoxy groups -OCH3 is 2. The van der Waals surface area contributed by atoms with E-state index in [4.69, 9.17) is 14.2 Å². The van der Waals surface area contributed by atoms with Crippen molar-refractivity contribution in [3.8, 4) is 11.5 Å². The van der Waals surface area contributed by atoms with Crippen LogP contribution in [0.15, 0.2) is 18.2 Å². The largest absolute Gasteiger partial charge is 0.496 e. The Morgan fingerprint density at radius 1 is 1.00 bits per heavy atom. The Kier molecular flexibility index (Phi) is 6.91. The van der Waals surface area contributed by atoms with Gasteiger partial charge in [0.1, 0.15) is 17.1 Å². The molecule has 0 atom stereocenters. The summed E-state index contributed by atoms with van der Waals surface area (Å²) in [5.74, 6) is 0.796. The third kappa shape index (κ3) is 4.55. The maximum atomic E-state index is 12.9. The van der Waals surface area contributed by atoms with Gasteiger partial charge in [-0.25, -0.2) is 4.79 Å². The van der Waals surface area contributed by atoms with Crippen molar-refractivity contribution in [3.63, 3.8) is 0 Å². The number of piperazine rings is 1. The van der Waals surface area contributed by atoms with Gasteiger partial charge in [0.2, 0.25) is 0 Å². The van der Waals surface area contributed by atoms with E-state index >= 15 is 0 Å². The van der Waals surface area contributed by atoms with Gasteiger partial charge in [-0.3, -0.25) is 4.79 Å². The molecular formula is C18H26N2O5. The molecular weight excluding hydrogens is 324 g/mol. The van der Waals surface area contributed by atoms with E-state index in [2.05, 4.69) is 0 Å². The van der Waals surface area contributed by atoms with Crippen LogP contribution in [0.5, 0.6) is 11.5 Å². The van der Waals surface area contributed by atoms with Crippen LogP contribution in [-0.4, -0.2) is 68.8 Å². The first kappa shape index (κ1) is 18.9. The molecule has 2 rings (SSSR count). The summed E-state index contributed by atoms with van der Waals surface area (Å²) in [5, 5.41) is 0. The summed E-state index contributed by atoms with van der Waals surface area (Å²) in [6.07, 6.45) is 1.53. The van der Waals surface area contributed by atoms with E-state index in [0.717, 1.165) is 12.8 Å². The summed E-state index contributed by atoms with van der Waals surface area (Å²) in [5.41, 5.74) is 0.409. The second-order valence-corrected chi connectivity index (χ2v) is 5.78. The number of ether oxygens (including phenoxy) is 3. The molecule has 1 aliphatic rings.